The van der Waals surface area contributed by atoms with Gasteiger partial charge in [-0.2, -0.15) is 0 Å². The number of aliphatic hydroxyl groups excluding tert-OH is 1. The van der Waals surface area contributed by atoms with Crippen molar-refractivity contribution < 1.29 is 14.7 Å². The van der Waals surface area contributed by atoms with Crippen LogP contribution in [0, 0.1) is 17.3 Å². The first-order valence-corrected chi connectivity index (χ1v) is 10.7. The molecule has 156 valence electrons. The molecule has 0 bridgehead atoms. The van der Waals surface area contributed by atoms with Crippen molar-refractivity contribution in [1.82, 2.24) is 5.32 Å². The van der Waals surface area contributed by atoms with Crippen LogP contribution in [0.3, 0.4) is 0 Å². The van der Waals surface area contributed by atoms with Crippen molar-refractivity contribution in [2.24, 2.45) is 17.3 Å². The number of carbonyl (C=O) groups excluding carboxylic acids is 2. The third-order valence-electron chi connectivity index (χ3n) is 5.75. The Kier molecular flexibility index (Phi) is 7.30. The molecule has 2 unspecified atom stereocenters. The van der Waals surface area contributed by atoms with Crippen molar-refractivity contribution in [3.8, 4) is 0 Å². The zero-order valence-electron chi connectivity index (χ0n) is 18.4. The lowest BCUT2D eigenvalue weighted by Gasteiger charge is -2.32. The highest BCUT2D eigenvalue weighted by Gasteiger charge is 2.39. The number of ketones is 2. The van der Waals surface area contributed by atoms with Gasteiger partial charge in [0.15, 0.2) is 5.76 Å². The Morgan fingerprint density at radius 2 is 1.86 bits per heavy atom. The number of unbranched alkanes of at least 4 members (excludes halogenated alkanes) is 2. The first kappa shape index (κ1) is 22.4. The fourth-order valence-corrected chi connectivity index (χ4v) is 3.95. The molecule has 4 heteroatoms. The minimum Gasteiger partial charge on any atom is -0.504 e. The number of carbonyl (C=O) groups is 2. The Bertz CT molecular complexity index is 719. The maximum atomic E-state index is 13.5. The van der Waals surface area contributed by atoms with Crippen molar-refractivity contribution >= 4 is 11.6 Å². The molecule has 0 saturated heterocycles. The van der Waals surface area contributed by atoms with E-state index in [-0.39, 0.29) is 40.1 Å². The highest BCUT2D eigenvalue weighted by Crippen LogP contribution is 2.38. The number of rotatable bonds is 7. The molecule has 2 aliphatic rings. The molecule has 4 nitrogen and oxygen atoms in total. The topological polar surface area (TPSA) is 66.4 Å². The maximum Gasteiger partial charge on any atom is 0.225 e. The van der Waals surface area contributed by atoms with E-state index in [0.717, 1.165) is 32.1 Å². The van der Waals surface area contributed by atoms with E-state index in [2.05, 4.69) is 52.9 Å². The summed E-state index contributed by atoms with van der Waals surface area (Å²) in [4.78, 5) is 26.5. The summed E-state index contributed by atoms with van der Waals surface area (Å²) in [6, 6.07) is 0. The molecule has 2 N–H and O–H groups in total. The SMILES string of the molecule is CCCCCC1=C(NCC(C)(C)C)C(=O)C(C2C=C(C)CCC2C)=C(O)C1=O. The number of Topliss-reactive ketones (excluding diaryl/α,β-unsaturated/α-hetero) is 2. The molecule has 28 heavy (non-hydrogen) atoms. The Balaban J connectivity index is 2.44. The Morgan fingerprint density at radius 3 is 2.46 bits per heavy atom. The monoisotopic (exact) mass is 387 g/mol. The predicted octanol–water partition coefficient (Wildman–Crippen LogP) is 5.41. The summed E-state index contributed by atoms with van der Waals surface area (Å²) in [5, 5.41) is 14.0. The summed E-state index contributed by atoms with van der Waals surface area (Å²) in [6.45, 7) is 13.1. The molecule has 0 spiro atoms. The van der Waals surface area contributed by atoms with Crippen molar-refractivity contribution in [2.75, 3.05) is 6.54 Å². The number of allylic oxidation sites excluding steroid dienone is 4. The second-order valence-electron chi connectivity index (χ2n) is 9.70. The molecule has 0 aromatic carbocycles. The molecule has 0 aliphatic heterocycles. The average molecular weight is 388 g/mol. The standard InChI is InChI=1S/C24H37NO3/c1-7-8-9-10-17-20(25-14-24(4,5)6)22(27)19(23(28)21(17)26)18-13-15(2)11-12-16(18)3/h13,16,18,25,28H,7-12,14H2,1-6H3. The smallest absolute Gasteiger partial charge is 0.225 e. The highest BCUT2D eigenvalue weighted by atomic mass is 16.3. The van der Waals surface area contributed by atoms with Crippen LogP contribution in [-0.4, -0.2) is 23.2 Å². The van der Waals surface area contributed by atoms with Gasteiger partial charge in [-0.05, 0) is 43.9 Å². The van der Waals surface area contributed by atoms with Gasteiger partial charge in [-0.3, -0.25) is 9.59 Å². The van der Waals surface area contributed by atoms with E-state index in [9.17, 15) is 14.7 Å². The van der Waals surface area contributed by atoms with Crippen LogP contribution in [0.5, 0.6) is 0 Å². The molecule has 0 radical (unpaired) electrons. The van der Waals surface area contributed by atoms with Gasteiger partial charge in [0, 0.05) is 18.0 Å². The molecular weight excluding hydrogens is 350 g/mol. The molecule has 0 fully saturated rings. The van der Waals surface area contributed by atoms with Crippen LogP contribution in [0.2, 0.25) is 0 Å². The van der Waals surface area contributed by atoms with Gasteiger partial charge >= 0.3 is 0 Å². The van der Waals surface area contributed by atoms with Crippen molar-refractivity contribution in [3.63, 3.8) is 0 Å². The number of nitrogens with one attached hydrogen (secondary N) is 1. The Hall–Kier alpha value is -1.84. The van der Waals surface area contributed by atoms with Crippen molar-refractivity contribution in [3.05, 3.63) is 34.3 Å². The molecular formula is C24H37NO3. The van der Waals surface area contributed by atoms with E-state index >= 15 is 0 Å². The highest BCUT2D eigenvalue weighted by molar-refractivity contribution is 6.24. The van der Waals surface area contributed by atoms with E-state index < -0.39 is 0 Å². The second-order valence-corrected chi connectivity index (χ2v) is 9.70. The van der Waals surface area contributed by atoms with Crippen molar-refractivity contribution in [1.29, 1.82) is 0 Å². The second kappa shape index (κ2) is 9.11. The summed E-state index contributed by atoms with van der Waals surface area (Å²) in [7, 11) is 0. The van der Waals surface area contributed by atoms with E-state index in [4.69, 9.17) is 0 Å². The van der Waals surface area contributed by atoms with Crippen LogP contribution in [0.25, 0.3) is 0 Å². The van der Waals surface area contributed by atoms with Crippen LogP contribution in [0.4, 0.5) is 0 Å². The van der Waals surface area contributed by atoms with Gasteiger partial charge in [0.25, 0.3) is 0 Å². The normalized spacial score (nSPS) is 24.0. The third kappa shape index (κ3) is 5.15. The predicted molar refractivity (Wildman–Crippen MR) is 114 cm³/mol. The van der Waals surface area contributed by atoms with E-state index in [1.165, 1.54) is 5.57 Å². The van der Waals surface area contributed by atoms with Crippen LogP contribution < -0.4 is 5.32 Å². The quantitative estimate of drug-likeness (QED) is 0.348. The van der Waals surface area contributed by atoms with Gasteiger partial charge in [-0.25, -0.2) is 0 Å². The summed E-state index contributed by atoms with van der Waals surface area (Å²) in [5.41, 5.74) is 2.33. The summed E-state index contributed by atoms with van der Waals surface area (Å²) >= 11 is 0. The van der Waals surface area contributed by atoms with E-state index in [1.54, 1.807) is 0 Å². The van der Waals surface area contributed by atoms with Crippen LogP contribution >= 0.6 is 0 Å². The summed E-state index contributed by atoms with van der Waals surface area (Å²) < 4.78 is 0. The lowest BCUT2D eigenvalue weighted by atomic mass is 9.73. The van der Waals surface area contributed by atoms with Crippen LogP contribution in [0.15, 0.2) is 34.3 Å². The molecule has 0 aromatic heterocycles. The average Bonchev–Trinajstić information content (AvgIpc) is 2.61. The minimum atomic E-state index is -0.370. The first-order valence-electron chi connectivity index (χ1n) is 10.7. The first-order chi connectivity index (χ1) is 13.1. The van der Waals surface area contributed by atoms with Gasteiger partial charge in [-0.15, -0.1) is 0 Å². The fraction of sp³-hybridized carbons (Fsp3) is 0.667. The molecule has 0 amide bonds. The molecule has 0 aromatic rings. The molecule has 2 aliphatic carbocycles. The number of hydrogen-bond donors (Lipinski definition) is 2. The van der Waals surface area contributed by atoms with Crippen molar-refractivity contribution in [2.45, 2.75) is 80.1 Å². The van der Waals surface area contributed by atoms with Crippen LogP contribution in [0.1, 0.15) is 80.1 Å². The zero-order valence-corrected chi connectivity index (χ0v) is 18.4. The lowest BCUT2D eigenvalue weighted by molar-refractivity contribution is -0.119. The number of hydrogen-bond acceptors (Lipinski definition) is 4. The summed E-state index contributed by atoms with van der Waals surface area (Å²) in [6.07, 6.45) is 7.43. The third-order valence-corrected chi connectivity index (χ3v) is 5.75. The summed E-state index contributed by atoms with van der Waals surface area (Å²) in [5.74, 6) is -0.876. The fourth-order valence-electron chi connectivity index (χ4n) is 3.95. The number of aliphatic hydroxyl groups is 1. The molecule has 2 atom stereocenters. The van der Waals surface area contributed by atoms with Gasteiger partial charge in [0.05, 0.1) is 11.3 Å². The van der Waals surface area contributed by atoms with E-state index in [0.29, 0.717) is 24.2 Å². The minimum absolute atomic E-state index is 0.0250. The zero-order chi connectivity index (χ0) is 21.1. The van der Waals surface area contributed by atoms with E-state index in [1.807, 2.05) is 0 Å². The van der Waals surface area contributed by atoms with Gasteiger partial charge in [0.2, 0.25) is 11.6 Å². The molecule has 0 saturated carbocycles. The largest absolute Gasteiger partial charge is 0.504 e. The van der Waals surface area contributed by atoms with Gasteiger partial charge in [0.1, 0.15) is 0 Å². The Labute approximate surface area is 170 Å². The van der Waals surface area contributed by atoms with Crippen LogP contribution in [-0.2, 0) is 9.59 Å². The lowest BCUT2D eigenvalue weighted by Crippen LogP contribution is -2.38. The van der Waals surface area contributed by atoms with Gasteiger partial charge in [-0.1, -0.05) is 59.1 Å². The Morgan fingerprint density at radius 1 is 1.18 bits per heavy atom. The molecule has 0 heterocycles. The maximum absolute atomic E-state index is 13.5. The van der Waals surface area contributed by atoms with Gasteiger partial charge < -0.3 is 10.4 Å². The molecule has 2 rings (SSSR count).